The van der Waals surface area contributed by atoms with Gasteiger partial charge in [-0.25, -0.2) is 4.98 Å². The Bertz CT molecular complexity index is 301. The largest absolute Gasteiger partial charge is 0.360 e. The molecule has 0 spiro atoms. The standard InChI is InChI=1S/C10H15N3S/c1-3-5-6-7-8-11-10-12-9(4-2)13-14-10/h1H,4-8H2,2H3,(H,11,12,13). The van der Waals surface area contributed by atoms with Crippen LogP contribution in [0.25, 0.3) is 0 Å². The summed E-state index contributed by atoms with van der Waals surface area (Å²) < 4.78 is 4.19. The molecular formula is C10H15N3S. The summed E-state index contributed by atoms with van der Waals surface area (Å²) in [5.74, 6) is 3.54. The van der Waals surface area contributed by atoms with Gasteiger partial charge in [0, 0.05) is 30.9 Å². The highest BCUT2D eigenvalue weighted by molar-refractivity contribution is 7.09. The Morgan fingerprint density at radius 1 is 1.50 bits per heavy atom. The molecule has 1 aromatic heterocycles. The van der Waals surface area contributed by atoms with Crippen molar-refractivity contribution in [2.45, 2.75) is 32.6 Å². The first kappa shape index (κ1) is 11.0. The van der Waals surface area contributed by atoms with E-state index in [9.17, 15) is 0 Å². The second-order valence-electron chi connectivity index (χ2n) is 2.96. The van der Waals surface area contributed by atoms with Crippen molar-refractivity contribution in [3.63, 3.8) is 0 Å². The van der Waals surface area contributed by atoms with Crippen LogP contribution in [0.2, 0.25) is 0 Å². The molecule has 0 bridgehead atoms. The van der Waals surface area contributed by atoms with E-state index in [1.54, 1.807) is 0 Å². The smallest absolute Gasteiger partial charge is 0.202 e. The minimum atomic E-state index is 0.859. The molecule has 1 N–H and O–H groups in total. The summed E-state index contributed by atoms with van der Waals surface area (Å²) in [6, 6.07) is 0. The predicted molar refractivity (Wildman–Crippen MR) is 60.5 cm³/mol. The number of rotatable bonds is 6. The maximum atomic E-state index is 5.15. The van der Waals surface area contributed by atoms with Gasteiger partial charge >= 0.3 is 0 Å². The van der Waals surface area contributed by atoms with Crippen molar-refractivity contribution in [2.24, 2.45) is 0 Å². The fourth-order valence-electron chi connectivity index (χ4n) is 1.02. The van der Waals surface area contributed by atoms with Gasteiger partial charge in [-0.15, -0.1) is 12.3 Å². The Balaban J connectivity index is 2.15. The fraction of sp³-hybridized carbons (Fsp3) is 0.600. The minimum Gasteiger partial charge on any atom is -0.360 e. The number of unbranched alkanes of at least 4 members (excludes halogenated alkanes) is 2. The van der Waals surface area contributed by atoms with E-state index in [0.717, 1.165) is 43.2 Å². The monoisotopic (exact) mass is 209 g/mol. The van der Waals surface area contributed by atoms with E-state index in [2.05, 4.69) is 27.5 Å². The molecule has 3 nitrogen and oxygen atoms in total. The molecule has 0 radical (unpaired) electrons. The van der Waals surface area contributed by atoms with E-state index in [0.29, 0.717) is 0 Å². The zero-order chi connectivity index (χ0) is 10.2. The fourth-order valence-corrected chi connectivity index (χ4v) is 1.69. The number of aromatic nitrogens is 2. The highest BCUT2D eigenvalue weighted by Gasteiger charge is 1.99. The number of nitrogens with one attached hydrogen (secondary N) is 1. The van der Waals surface area contributed by atoms with Crippen LogP contribution in [0.5, 0.6) is 0 Å². The average molecular weight is 209 g/mol. The van der Waals surface area contributed by atoms with E-state index in [4.69, 9.17) is 6.42 Å². The number of hydrogen-bond acceptors (Lipinski definition) is 4. The zero-order valence-electron chi connectivity index (χ0n) is 8.42. The van der Waals surface area contributed by atoms with Crippen LogP contribution in [0, 0.1) is 12.3 Å². The summed E-state index contributed by atoms with van der Waals surface area (Å²) in [4.78, 5) is 4.30. The molecule has 4 heteroatoms. The van der Waals surface area contributed by atoms with E-state index in [1.807, 2.05) is 0 Å². The lowest BCUT2D eigenvalue weighted by molar-refractivity contribution is 0.788. The van der Waals surface area contributed by atoms with Crippen LogP contribution in [0.15, 0.2) is 0 Å². The first-order chi connectivity index (χ1) is 6.86. The van der Waals surface area contributed by atoms with Gasteiger partial charge in [-0.05, 0) is 12.8 Å². The Morgan fingerprint density at radius 2 is 2.36 bits per heavy atom. The summed E-state index contributed by atoms with van der Waals surface area (Å²) in [5, 5.41) is 4.15. The molecular weight excluding hydrogens is 194 g/mol. The molecule has 1 aromatic rings. The van der Waals surface area contributed by atoms with Gasteiger partial charge in [-0.2, -0.15) is 4.37 Å². The molecule has 0 aromatic carbocycles. The first-order valence-electron chi connectivity index (χ1n) is 4.86. The number of terminal acetylenes is 1. The summed E-state index contributed by atoms with van der Waals surface area (Å²) in [6.07, 6.45) is 9.07. The molecule has 0 saturated heterocycles. The van der Waals surface area contributed by atoms with Crippen LogP contribution in [0.3, 0.4) is 0 Å². The highest BCUT2D eigenvalue weighted by atomic mass is 32.1. The van der Waals surface area contributed by atoms with Crippen molar-refractivity contribution in [1.82, 2.24) is 9.36 Å². The second-order valence-corrected chi connectivity index (χ2v) is 3.71. The number of anilines is 1. The number of nitrogens with zero attached hydrogens (tertiary/aromatic N) is 2. The van der Waals surface area contributed by atoms with Gasteiger partial charge in [-0.3, -0.25) is 0 Å². The molecule has 1 heterocycles. The molecule has 14 heavy (non-hydrogen) atoms. The van der Waals surface area contributed by atoms with Crippen LogP contribution >= 0.6 is 11.5 Å². The molecule has 76 valence electrons. The Morgan fingerprint density at radius 3 is 3.00 bits per heavy atom. The van der Waals surface area contributed by atoms with Crippen molar-refractivity contribution in [3.05, 3.63) is 5.82 Å². The van der Waals surface area contributed by atoms with Gasteiger partial charge in [0.1, 0.15) is 5.82 Å². The van der Waals surface area contributed by atoms with Gasteiger partial charge in [0.2, 0.25) is 5.13 Å². The third-order valence-corrected chi connectivity index (χ3v) is 2.52. The SMILES string of the molecule is C#CCCCCNc1nc(CC)ns1. The van der Waals surface area contributed by atoms with E-state index >= 15 is 0 Å². The van der Waals surface area contributed by atoms with Crippen LogP contribution < -0.4 is 5.32 Å². The van der Waals surface area contributed by atoms with Crippen LogP contribution in [-0.4, -0.2) is 15.9 Å². The van der Waals surface area contributed by atoms with E-state index < -0.39 is 0 Å². The number of aryl methyl sites for hydroxylation is 1. The molecule has 0 unspecified atom stereocenters. The van der Waals surface area contributed by atoms with Crippen molar-refractivity contribution >= 4 is 16.7 Å². The maximum Gasteiger partial charge on any atom is 0.202 e. The molecule has 0 aliphatic heterocycles. The van der Waals surface area contributed by atoms with E-state index in [1.165, 1.54) is 11.5 Å². The maximum absolute atomic E-state index is 5.15. The lowest BCUT2D eigenvalue weighted by Gasteiger charge is -1.99. The summed E-state index contributed by atoms with van der Waals surface area (Å²) >= 11 is 1.43. The second kappa shape index (κ2) is 6.39. The molecule has 0 amide bonds. The number of hydrogen-bond donors (Lipinski definition) is 1. The van der Waals surface area contributed by atoms with Crippen molar-refractivity contribution < 1.29 is 0 Å². The summed E-state index contributed by atoms with van der Waals surface area (Å²) in [6.45, 7) is 2.98. The van der Waals surface area contributed by atoms with Gasteiger partial charge in [0.15, 0.2) is 0 Å². The predicted octanol–water partition coefficient (Wildman–Crippen LogP) is 2.32. The van der Waals surface area contributed by atoms with E-state index in [-0.39, 0.29) is 0 Å². The minimum absolute atomic E-state index is 0.859. The summed E-state index contributed by atoms with van der Waals surface area (Å²) in [5.41, 5.74) is 0. The first-order valence-corrected chi connectivity index (χ1v) is 5.64. The quantitative estimate of drug-likeness (QED) is 0.577. The lowest BCUT2D eigenvalue weighted by atomic mass is 10.2. The molecule has 0 aliphatic rings. The third kappa shape index (κ3) is 3.75. The molecule has 0 fully saturated rings. The van der Waals surface area contributed by atoms with Crippen molar-refractivity contribution in [3.8, 4) is 12.3 Å². The van der Waals surface area contributed by atoms with Crippen LogP contribution in [0.4, 0.5) is 5.13 Å². The van der Waals surface area contributed by atoms with Crippen molar-refractivity contribution in [2.75, 3.05) is 11.9 Å². The average Bonchev–Trinajstić information content (AvgIpc) is 2.65. The molecule has 0 atom stereocenters. The normalized spacial score (nSPS) is 9.71. The molecule has 1 rings (SSSR count). The lowest BCUT2D eigenvalue weighted by Crippen LogP contribution is -2.00. The molecule has 0 saturated carbocycles. The third-order valence-electron chi connectivity index (χ3n) is 1.81. The van der Waals surface area contributed by atoms with Gasteiger partial charge in [-0.1, -0.05) is 6.92 Å². The van der Waals surface area contributed by atoms with Gasteiger partial charge < -0.3 is 5.32 Å². The Kier molecular flexibility index (Phi) is 5.02. The summed E-state index contributed by atoms with van der Waals surface area (Å²) in [7, 11) is 0. The van der Waals surface area contributed by atoms with Gasteiger partial charge in [0.05, 0.1) is 0 Å². The van der Waals surface area contributed by atoms with Crippen molar-refractivity contribution in [1.29, 1.82) is 0 Å². The molecule has 0 aliphatic carbocycles. The highest BCUT2D eigenvalue weighted by Crippen LogP contribution is 2.11. The topological polar surface area (TPSA) is 37.8 Å². The zero-order valence-corrected chi connectivity index (χ0v) is 9.23. The van der Waals surface area contributed by atoms with Gasteiger partial charge in [0.25, 0.3) is 0 Å². The Labute approximate surface area is 89.1 Å². The van der Waals surface area contributed by atoms with Crippen LogP contribution in [0.1, 0.15) is 32.0 Å². The Hall–Kier alpha value is -1.08. The van der Waals surface area contributed by atoms with Crippen LogP contribution in [-0.2, 0) is 6.42 Å².